The van der Waals surface area contributed by atoms with Crippen LogP contribution in [0.2, 0.25) is 4.34 Å². The highest BCUT2D eigenvalue weighted by Crippen LogP contribution is 2.29. The lowest BCUT2D eigenvalue weighted by atomic mass is 10.1. The molecule has 0 amide bonds. The number of nitrogens with one attached hydrogen (secondary N) is 1. The predicted octanol–water partition coefficient (Wildman–Crippen LogP) is 1.77. The van der Waals surface area contributed by atoms with Crippen molar-refractivity contribution in [1.29, 1.82) is 0 Å². The van der Waals surface area contributed by atoms with Crippen molar-refractivity contribution in [2.45, 2.75) is 23.1 Å². The van der Waals surface area contributed by atoms with E-state index in [0.717, 1.165) is 37.3 Å². The van der Waals surface area contributed by atoms with E-state index in [1.54, 1.807) is 19.2 Å². The number of sulfonamides is 1. The molecule has 96 valence electrons. The molecule has 2 heterocycles. The molecular formula is C10H15ClN2O2S2. The van der Waals surface area contributed by atoms with Gasteiger partial charge in [-0.15, -0.1) is 11.3 Å². The van der Waals surface area contributed by atoms with Gasteiger partial charge in [0.2, 0.25) is 0 Å². The summed E-state index contributed by atoms with van der Waals surface area (Å²) in [6, 6.07) is 3.28. The number of hydrogen-bond donors (Lipinski definition) is 1. The molecule has 0 saturated carbocycles. The molecule has 0 atom stereocenters. The number of hydrogen-bond acceptors (Lipinski definition) is 4. The fourth-order valence-corrected chi connectivity index (χ4v) is 5.03. The van der Waals surface area contributed by atoms with Crippen molar-refractivity contribution in [2.24, 2.45) is 0 Å². The third kappa shape index (κ3) is 2.82. The van der Waals surface area contributed by atoms with Gasteiger partial charge in [0.25, 0.3) is 10.0 Å². The van der Waals surface area contributed by atoms with Crippen LogP contribution in [0.4, 0.5) is 0 Å². The molecule has 1 aliphatic rings. The van der Waals surface area contributed by atoms with Crippen LogP contribution in [-0.2, 0) is 10.0 Å². The van der Waals surface area contributed by atoms with Crippen LogP contribution in [0.5, 0.6) is 0 Å². The Morgan fingerprint density at radius 3 is 2.59 bits per heavy atom. The topological polar surface area (TPSA) is 49.4 Å². The second-order valence-electron chi connectivity index (χ2n) is 4.06. The first-order valence-electron chi connectivity index (χ1n) is 5.46. The van der Waals surface area contributed by atoms with Gasteiger partial charge in [-0.05, 0) is 38.1 Å². The quantitative estimate of drug-likeness (QED) is 0.924. The van der Waals surface area contributed by atoms with E-state index in [4.69, 9.17) is 11.6 Å². The van der Waals surface area contributed by atoms with E-state index < -0.39 is 10.0 Å². The number of nitrogens with zero attached hydrogens (tertiary/aromatic N) is 1. The van der Waals surface area contributed by atoms with E-state index in [-0.39, 0.29) is 6.04 Å². The summed E-state index contributed by atoms with van der Waals surface area (Å²) in [5.41, 5.74) is 0. The zero-order chi connectivity index (χ0) is 12.5. The molecule has 1 fully saturated rings. The molecule has 0 spiro atoms. The molecule has 0 aromatic carbocycles. The zero-order valence-electron chi connectivity index (χ0n) is 9.52. The molecule has 0 radical (unpaired) electrons. The molecule has 17 heavy (non-hydrogen) atoms. The summed E-state index contributed by atoms with van der Waals surface area (Å²) >= 11 is 6.89. The minimum absolute atomic E-state index is 0.0853. The maximum absolute atomic E-state index is 12.3. The van der Waals surface area contributed by atoms with Crippen molar-refractivity contribution in [3.63, 3.8) is 0 Å². The second-order valence-corrected chi connectivity index (χ2v) is 8.00. The lowest BCUT2D eigenvalue weighted by Gasteiger charge is -2.30. The number of piperidine rings is 1. The van der Waals surface area contributed by atoms with Crippen molar-refractivity contribution in [3.05, 3.63) is 16.5 Å². The van der Waals surface area contributed by atoms with Crippen molar-refractivity contribution >= 4 is 33.0 Å². The van der Waals surface area contributed by atoms with Gasteiger partial charge in [-0.1, -0.05) is 11.6 Å². The monoisotopic (exact) mass is 294 g/mol. The van der Waals surface area contributed by atoms with E-state index >= 15 is 0 Å². The predicted molar refractivity (Wildman–Crippen MR) is 70.2 cm³/mol. The third-order valence-electron chi connectivity index (χ3n) is 3.00. The van der Waals surface area contributed by atoms with Crippen LogP contribution in [0.15, 0.2) is 16.3 Å². The Balaban J connectivity index is 2.20. The van der Waals surface area contributed by atoms with Crippen molar-refractivity contribution in [1.82, 2.24) is 9.62 Å². The highest BCUT2D eigenvalue weighted by atomic mass is 35.5. The van der Waals surface area contributed by atoms with E-state index in [0.29, 0.717) is 8.55 Å². The molecule has 1 aromatic rings. The highest BCUT2D eigenvalue weighted by Gasteiger charge is 2.29. The van der Waals surface area contributed by atoms with E-state index in [1.807, 2.05) is 0 Å². The van der Waals surface area contributed by atoms with Gasteiger partial charge in [-0.25, -0.2) is 8.42 Å². The summed E-state index contributed by atoms with van der Waals surface area (Å²) in [4.78, 5) is 0. The third-order valence-corrected chi connectivity index (χ3v) is 6.61. The largest absolute Gasteiger partial charge is 0.317 e. The Hall–Kier alpha value is -0.140. The average molecular weight is 295 g/mol. The number of rotatable bonds is 3. The van der Waals surface area contributed by atoms with Crippen LogP contribution in [-0.4, -0.2) is 38.9 Å². The standard InChI is InChI=1S/C10H15ClN2O2S2/c1-13(8-4-6-12-7-5-8)17(14,15)10-3-2-9(11)16-10/h2-3,8,12H,4-7H2,1H3. The first-order chi connectivity index (χ1) is 8.01. The van der Waals surface area contributed by atoms with Crippen molar-refractivity contribution in [2.75, 3.05) is 20.1 Å². The maximum Gasteiger partial charge on any atom is 0.252 e. The Labute approximate surface area is 111 Å². The molecule has 1 N–H and O–H groups in total. The second kappa shape index (κ2) is 5.24. The van der Waals surface area contributed by atoms with Gasteiger partial charge in [0, 0.05) is 13.1 Å². The van der Waals surface area contributed by atoms with Gasteiger partial charge in [0.15, 0.2) is 0 Å². The molecule has 2 rings (SSSR count). The first kappa shape index (κ1) is 13.3. The van der Waals surface area contributed by atoms with Crippen LogP contribution in [0.3, 0.4) is 0 Å². The van der Waals surface area contributed by atoms with Gasteiger partial charge >= 0.3 is 0 Å². The lowest BCUT2D eigenvalue weighted by Crippen LogP contribution is -2.43. The Morgan fingerprint density at radius 1 is 1.41 bits per heavy atom. The van der Waals surface area contributed by atoms with E-state index in [9.17, 15) is 8.42 Å². The van der Waals surface area contributed by atoms with E-state index in [1.165, 1.54) is 4.31 Å². The minimum Gasteiger partial charge on any atom is -0.317 e. The maximum atomic E-state index is 12.3. The molecule has 7 heteroatoms. The normalized spacial score (nSPS) is 18.8. The Morgan fingerprint density at radius 2 is 2.06 bits per heavy atom. The fraction of sp³-hybridized carbons (Fsp3) is 0.600. The molecule has 1 saturated heterocycles. The number of thiophene rings is 1. The molecule has 4 nitrogen and oxygen atoms in total. The van der Waals surface area contributed by atoms with E-state index in [2.05, 4.69) is 5.32 Å². The van der Waals surface area contributed by atoms with Gasteiger partial charge in [0.05, 0.1) is 4.34 Å². The van der Waals surface area contributed by atoms with Gasteiger partial charge < -0.3 is 5.32 Å². The highest BCUT2D eigenvalue weighted by molar-refractivity contribution is 7.91. The van der Waals surface area contributed by atoms with Gasteiger partial charge in [0.1, 0.15) is 4.21 Å². The summed E-state index contributed by atoms with van der Waals surface area (Å²) in [6.45, 7) is 1.74. The van der Waals surface area contributed by atoms with Crippen LogP contribution in [0.25, 0.3) is 0 Å². The summed E-state index contributed by atoms with van der Waals surface area (Å²) in [5, 5.41) is 3.22. The summed E-state index contributed by atoms with van der Waals surface area (Å²) in [6.07, 6.45) is 1.71. The van der Waals surface area contributed by atoms with Crippen LogP contribution < -0.4 is 5.32 Å². The summed E-state index contributed by atoms with van der Waals surface area (Å²) in [5.74, 6) is 0. The van der Waals surface area contributed by atoms with Crippen LogP contribution in [0.1, 0.15) is 12.8 Å². The average Bonchev–Trinajstić information content (AvgIpc) is 2.77. The van der Waals surface area contributed by atoms with Crippen molar-refractivity contribution < 1.29 is 8.42 Å². The molecular weight excluding hydrogens is 280 g/mol. The lowest BCUT2D eigenvalue weighted by molar-refractivity contribution is 0.297. The summed E-state index contributed by atoms with van der Waals surface area (Å²) < 4.78 is 26.9. The van der Waals surface area contributed by atoms with Gasteiger partial charge in [-0.3, -0.25) is 0 Å². The van der Waals surface area contributed by atoms with Crippen molar-refractivity contribution in [3.8, 4) is 0 Å². The van der Waals surface area contributed by atoms with Crippen LogP contribution >= 0.6 is 22.9 Å². The fourth-order valence-electron chi connectivity index (χ4n) is 1.94. The molecule has 1 aromatic heterocycles. The minimum atomic E-state index is -3.38. The Bertz CT molecular complexity index is 480. The molecule has 0 bridgehead atoms. The molecule has 0 unspecified atom stereocenters. The van der Waals surface area contributed by atoms with Crippen LogP contribution in [0, 0.1) is 0 Å². The molecule has 0 aliphatic carbocycles. The zero-order valence-corrected chi connectivity index (χ0v) is 11.9. The summed E-state index contributed by atoms with van der Waals surface area (Å²) in [7, 11) is -1.73. The van der Waals surface area contributed by atoms with Gasteiger partial charge in [-0.2, -0.15) is 4.31 Å². The SMILES string of the molecule is CN(C1CCNCC1)S(=O)(=O)c1ccc(Cl)s1. The number of halogens is 1. The Kier molecular flexibility index (Phi) is 4.10. The first-order valence-corrected chi connectivity index (χ1v) is 8.09. The smallest absolute Gasteiger partial charge is 0.252 e. The molecule has 1 aliphatic heterocycles.